The number of carbonyl (C=O) groups is 1. The van der Waals surface area contributed by atoms with Crippen LogP contribution in [0.25, 0.3) is 0 Å². The first-order valence-electron chi connectivity index (χ1n) is 9.20. The SMILES string of the molecule is CC1(C)CCC(C(=N)c2cc(NCc3cccnc3)nc(C(=O)O)c2)=C(N)C1. The van der Waals surface area contributed by atoms with E-state index in [0.717, 1.165) is 24.0 Å². The molecule has 0 radical (unpaired) electrons. The van der Waals surface area contributed by atoms with Crippen LogP contribution >= 0.6 is 0 Å². The number of carboxylic acid groups (broad SMARTS) is 1. The van der Waals surface area contributed by atoms with Gasteiger partial charge in [0.15, 0.2) is 5.69 Å². The Morgan fingerprint density at radius 1 is 1.39 bits per heavy atom. The summed E-state index contributed by atoms with van der Waals surface area (Å²) in [5, 5.41) is 21.2. The van der Waals surface area contributed by atoms with Gasteiger partial charge in [0.25, 0.3) is 0 Å². The molecule has 0 atom stereocenters. The predicted molar refractivity (Wildman–Crippen MR) is 108 cm³/mol. The molecule has 0 saturated heterocycles. The van der Waals surface area contributed by atoms with Crippen LogP contribution < -0.4 is 11.1 Å². The minimum Gasteiger partial charge on any atom is -0.477 e. The first-order valence-corrected chi connectivity index (χ1v) is 9.20. The predicted octanol–water partition coefficient (Wildman–Crippen LogP) is 3.58. The molecule has 7 heteroatoms. The van der Waals surface area contributed by atoms with Crippen LogP contribution in [-0.2, 0) is 6.54 Å². The number of pyridine rings is 2. The van der Waals surface area contributed by atoms with Gasteiger partial charge in [-0.05, 0) is 54.0 Å². The fraction of sp³-hybridized carbons (Fsp3) is 0.333. The number of aromatic nitrogens is 2. The maximum absolute atomic E-state index is 11.5. The number of rotatable bonds is 6. The summed E-state index contributed by atoms with van der Waals surface area (Å²) in [4.78, 5) is 19.7. The van der Waals surface area contributed by atoms with E-state index in [9.17, 15) is 9.90 Å². The lowest BCUT2D eigenvalue weighted by atomic mass is 9.75. The van der Waals surface area contributed by atoms with Gasteiger partial charge in [-0.15, -0.1) is 0 Å². The fourth-order valence-corrected chi connectivity index (χ4v) is 3.36. The lowest BCUT2D eigenvalue weighted by Gasteiger charge is -2.31. The largest absolute Gasteiger partial charge is 0.477 e. The molecule has 3 rings (SSSR count). The van der Waals surface area contributed by atoms with Gasteiger partial charge in [-0.3, -0.25) is 10.4 Å². The smallest absolute Gasteiger partial charge is 0.354 e. The third-order valence-electron chi connectivity index (χ3n) is 4.94. The lowest BCUT2D eigenvalue weighted by Crippen LogP contribution is -2.25. The summed E-state index contributed by atoms with van der Waals surface area (Å²) in [5.41, 5.74) is 9.47. The summed E-state index contributed by atoms with van der Waals surface area (Å²) in [7, 11) is 0. The van der Waals surface area contributed by atoms with Crippen molar-refractivity contribution >= 4 is 17.5 Å². The van der Waals surface area contributed by atoms with Crippen LogP contribution in [0.3, 0.4) is 0 Å². The van der Waals surface area contributed by atoms with E-state index in [-0.39, 0.29) is 16.8 Å². The van der Waals surface area contributed by atoms with Gasteiger partial charge in [0, 0.05) is 30.2 Å². The number of anilines is 1. The molecule has 146 valence electrons. The Morgan fingerprint density at radius 3 is 2.82 bits per heavy atom. The zero-order chi connectivity index (χ0) is 20.3. The van der Waals surface area contributed by atoms with Crippen molar-refractivity contribution in [1.29, 1.82) is 5.41 Å². The molecule has 2 aromatic heterocycles. The third-order valence-corrected chi connectivity index (χ3v) is 4.94. The second kappa shape index (κ2) is 7.80. The minimum atomic E-state index is -1.13. The zero-order valence-corrected chi connectivity index (χ0v) is 16.1. The van der Waals surface area contributed by atoms with E-state index in [1.54, 1.807) is 18.5 Å². The monoisotopic (exact) mass is 379 g/mol. The van der Waals surface area contributed by atoms with Crippen molar-refractivity contribution in [2.24, 2.45) is 11.1 Å². The van der Waals surface area contributed by atoms with E-state index < -0.39 is 5.97 Å². The molecule has 2 heterocycles. The van der Waals surface area contributed by atoms with E-state index in [2.05, 4.69) is 29.1 Å². The van der Waals surface area contributed by atoms with Crippen molar-refractivity contribution in [3.8, 4) is 0 Å². The maximum Gasteiger partial charge on any atom is 0.354 e. The number of allylic oxidation sites excluding steroid dienone is 2. The summed E-state index contributed by atoms with van der Waals surface area (Å²) in [6.45, 7) is 4.78. The lowest BCUT2D eigenvalue weighted by molar-refractivity contribution is 0.0690. The quantitative estimate of drug-likeness (QED) is 0.569. The average Bonchev–Trinajstić information content (AvgIpc) is 2.66. The molecule has 1 aliphatic carbocycles. The molecule has 0 fully saturated rings. The number of carboxylic acids is 1. The third kappa shape index (κ3) is 4.54. The van der Waals surface area contributed by atoms with Crippen LogP contribution in [0.5, 0.6) is 0 Å². The van der Waals surface area contributed by atoms with E-state index >= 15 is 0 Å². The highest BCUT2D eigenvalue weighted by Crippen LogP contribution is 2.37. The van der Waals surface area contributed by atoms with Crippen molar-refractivity contribution in [3.63, 3.8) is 0 Å². The fourth-order valence-electron chi connectivity index (χ4n) is 3.36. The maximum atomic E-state index is 11.5. The topological polar surface area (TPSA) is 125 Å². The minimum absolute atomic E-state index is 0.105. The summed E-state index contributed by atoms with van der Waals surface area (Å²) in [5.74, 6) is -0.732. The van der Waals surface area contributed by atoms with E-state index in [1.165, 1.54) is 6.07 Å². The van der Waals surface area contributed by atoms with Crippen molar-refractivity contribution in [1.82, 2.24) is 9.97 Å². The van der Waals surface area contributed by atoms with Crippen molar-refractivity contribution in [3.05, 3.63) is 64.8 Å². The molecular formula is C21H25N5O2. The highest BCUT2D eigenvalue weighted by atomic mass is 16.4. The molecule has 0 unspecified atom stereocenters. The van der Waals surface area contributed by atoms with E-state index in [0.29, 0.717) is 30.0 Å². The summed E-state index contributed by atoms with van der Waals surface area (Å²) in [6, 6.07) is 6.88. The first kappa shape index (κ1) is 19.5. The average molecular weight is 379 g/mol. The molecule has 0 spiro atoms. The Morgan fingerprint density at radius 2 is 2.18 bits per heavy atom. The second-order valence-electron chi connectivity index (χ2n) is 7.87. The van der Waals surface area contributed by atoms with Gasteiger partial charge in [0.2, 0.25) is 0 Å². The van der Waals surface area contributed by atoms with Gasteiger partial charge in [0.05, 0.1) is 5.71 Å². The molecule has 0 bridgehead atoms. The Bertz CT molecular complexity index is 935. The van der Waals surface area contributed by atoms with Crippen molar-refractivity contribution < 1.29 is 9.90 Å². The number of nitrogens with one attached hydrogen (secondary N) is 2. The Balaban J connectivity index is 1.89. The van der Waals surface area contributed by atoms with Gasteiger partial charge in [-0.25, -0.2) is 9.78 Å². The van der Waals surface area contributed by atoms with Crippen molar-refractivity contribution in [2.45, 2.75) is 39.7 Å². The summed E-state index contributed by atoms with van der Waals surface area (Å²) < 4.78 is 0. The number of hydrogen-bond donors (Lipinski definition) is 4. The Hall–Kier alpha value is -3.22. The van der Waals surface area contributed by atoms with Crippen LogP contribution in [0.1, 0.15) is 54.7 Å². The molecule has 28 heavy (non-hydrogen) atoms. The first-order chi connectivity index (χ1) is 13.2. The van der Waals surface area contributed by atoms with Crippen LogP contribution in [-0.4, -0.2) is 26.8 Å². The normalized spacial score (nSPS) is 15.9. The molecular weight excluding hydrogens is 354 g/mol. The van der Waals surface area contributed by atoms with E-state index in [4.69, 9.17) is 11.1 Å². The number of aromatic carboxylic acids is 1. The van der Waals surface area contributed by atoms with Gasteiger partial charge in [0.1, 0.15) is 5.82 Å². The van der Waals surface area contributed by atoms with Crippen LogP contribution in [0.4, 0.5) is 5.82 Å². The summed E-state index contributed by atoms with van der Waals surface area (Å²) >= 11 is 0. The van der Waals surface area contributed by atoms with Crippen LogP contribution in [0.2, 0.25) is 0 Å². The zero-order valence-electron chi connectivity index (χ0n) is 16.1. The highest BCUT2D eigenvalue weighted by Gasteiger charge is 2.28. The molecule has 0 amide bonds. The molecule has 1 aliphatic rings. The van der Waals surface area contributed by atoms with Gasteiger partial charge >= 0.3 is 5.97 Å². The molecule has 5 N–H and O–H groups in total. The van der Waals surface area contributed by atoms with Crippen molar-refractivity contribution in [2.75, 3.05) is 5.32 Å². The van der Waals surface area contributed by atoms with Gasteiger partial charge in [-0.1, -0.05) is 19.9 Å². The highest BCUT2D eigenvalue weighted by molar-refractivity contribution is 6.12. The number of nitrogens with two attached hydrogens (primary N) is 1. The number of nitrogens with zero attached hydrogens (tertiary/aromatic N) is 2. The number of hydrogen-bond acceptors (Lipinski definition) is 6. The van der Waals surface area contributed by atoms with Crippen LogP contribution in [0.15, 0.2) is 47.9 Å². The molecule has 0 aromatic carbocycles. The molecule has 2 aromatic rings. The van der Waals surface area contributed by atoms with Gasteiger partial charge < -0.3 is 16.2 Å². The van der Waals surface area contributed by atoms with Crippen LogP contribution in [0, 0.1) is 10.8 Å². The molecule has 0 saturated carbocycles. The summed E-state index contributed by atoms with van der Waals surface area (Å²) in [6.07, 6.45) is 5.80. The second-order valence-corrected chi connectivity index (χ2v) is 7.87. The van der Waals surface area contributed by atoms with Gasteiger partial charge in [-0.2, -0.15) is 0 Å². The Kier molecular flexibility index (Phi) is 5.44. The van der Waals surface area contributed by atoms with E-state index in [1.807, 2.05) is 12.1 Å². The standard InChI is InChI=1S/C21H25N5O2/c1-21(2)6-5-15(16(22)10-21)19(23)14-8-17(20(27)28)26-18(9-14)25-12-13-4-3-7-24-11-13/h3-4,7-9,11,23H,5-6,10,12,22H2,1-2H3,(H,25,26)(H,27,28). The molecule has 0 aliphatic heterocycles. The Labute approximate surface area is 164 Å². The molecule has 7 nitrogen and oxygen atoms in total.